The number of methoxy groups -OCH3 is 2. The Morgan fingerprint density at radius 2 is 1.90 bits per heavy atom. The van der Waals surface area contributed by atoms with E-state index in [0.29, 0.717) is 24.5 Å². The summed E-state index contributed by atoms with van der Waals surface area (Å²) in [7, 11) is 3.22. The van der Waals surface area contributed by atoms with Gasteiger partial charge in [-0.3, -0.25) is 4.79 Å². The van der Waals surface area contributed by atoms with Gasteiger partial charge in [0.05, 0.1) is 14.2 Å². The van der Waals surface area contributed by atoms with Crippen molar-refractivity contribution in [1.29, 1.82) is 0 Å². The fourth-order valence-corrected chi connectivity index (χ4v) is 3.73. The molecule has 3 aromatic rings. The van der Waals surface area contributed by atoms with Crippen molar-refractivity contribution in [2.24, 2.45) is 0 Å². The number of nitrogens with one attached hydrogen (secondary N) is 1. The van der Waals surface area contributed by atoms with E-state index in [9.17, 15) is 4.79 Å². The molecule has 3 rings (SSSR count). The average molecular weight is 458 g/mol. The predicted octanol–water partition coefficient (Wildman–Crippen LogP) is 5.28. The maximum absolute atomic E-state index is 12.4. The highest BCUT2D eigenvalue weighted by atomic mass is 79.9. The molecule has 0 aliphatic rings. The van der Waals surface area contributed by atoms with Crippen molar-refractivity contribution in [3.05, 3.63) is 63.8 Å². The minimum absolute atomic E-state index is 0.133. The fourth-order valence-electron chi connectivity index (χ4n) is 3.37. The molecule has 1 heterocycles. The maximum atomic E-state index is 12.4. The zero-order chi connectivity index (χ0) is 21.0. The summed E-state index contributed by atoms with van der Waals surface area (Å²) in [6.45, 7) is 4.36. The summed E-state index contributed by atoms with van der Waals surface area (Å²) in [5, 5.41) is 3.93. The van der Waals surface area contributed by atoms with Crippen LogP contribution in [0.3, 0.4) is 0 Å². The topological polar surface area (TPSA) is 60.7 Å². The molecule has 152 valence electrons. The van der Waals surface area contributed by atoms with E-state index in [1.807, 2.05) is 50.2 Å². The minimum Gasteiger partial charge on any atom is -0.493 e. The molecular weight excluding hydrogens is 434 g/mol. The van der Waals surface area contributed by atoms with Crippen molar-refractivity contribution >= 4 is 38.4 Å². The monoisotopic (exact) mass is 457 g/mol. The first-order valence-electron chi connectivity index (χ1n) is 9.29. The summed E-state index contributed by atoms with van der Waals surface area (Å²) in [4.78, 5) is 12.4. The van der Waals surface area contributed by atoms with E-state index in [4.69, 9.17) is 13.9 Å². The lowest BCUT2D eigenvalue weighted by molar-refractivity contribution is -0.116. The van der Waals surface area contributed by atoms with E-state index < -0.39 is 0 Å². The highest BCUT2D eigenvalue weighted by Crippen LogP contribution is 2.33. The number of carbonyl (C=O) groups is 1. The minimum atomic E-state index is -0.133. The summed E-state index contributed by atoms with van der Waals surface area (Å²) in [6.07, 6.45) is 2.31. The Morgan fingerprint density at radius 1 is 1.14 bits per heavy atom. The Labute approximate surface area is 178 Å². The molecule has 0 bridgehead atoms. The van der Waals surface area contributed by atoms with Gasteiger partial charge in [0.2, 0.25) is 5.91 Å². The predicted molar refractivity (Wildman–Crippen MR) is 119 cm³/mol. The van der Waals surface area contributed by atoms with Gasteiger partial charge in [0.25, 0.3) is 0 Å². The van der Waals surface area contributed by atoms with E-state index in [1.165, 1.54) is 0 Å². The first-order chi connectivity index (χ1) is 13.9. The van der Waals surface area contributed by atoms with Crippen molar-refractivity contribution in [3.8, 4) is 11.5 Å². The fraction of sp³-hybridized carbons (Fsp3) is 0.261. The normalized spacial score (nSPS) is 11.6. The molecule has 2 aromatic carbocycles. The van der Waals surface area contributed by atoms with E-state index in [-0.39, 0.29) is 5.91 Å². The number of ether oxygens (including phenoxy) is 2. The van der Waals surface area contributed by atoms with E-state index in [2.05, 4.69) is 21.2 Å². The zero-order valence-electron chi connectivity index (χ0n) is 17.0. The number of hydrogen-bond acceptors (Lipinski definition) is 4. The number of allylic oxidation sites excluding steroid dienone is 1. The first-order valence-corrected chi connectivity index (χ1v) is 10.1. The van der Waals surface area contributed by atoms with Crippen LogP contribution in [-0.4, -0.2) is 26.7 Å². The average Bonchev–Trinajstić information content (AvgIpc) is 3.02. The number of fused-ring (bicyclic) bond motifs is 1. The largest absolute Gasteiger partial charge is 0.493 e. The van der Waals surface area contributed by atoms with E-state index >= 15 is 0 Å². The second kappa shape index (κ2) is 9.18. The number of carbonyl (C=O) groups excluding carboxylic acids is 1. The molecule has 6 heteroatoms. The van der Waals surface area contributed by atoms with Gasteiger partial charge < -0.3 is 19.2 Å². The zero-order valence-corrected chi connectivity index (χ0v) is 18.6. The molecule has 0 spiro atoms. The number of hydrogen-bond donors (Lipinski definition) is 1. The van der Waals surface area contributed by atoms with Gasteiger partial charge in [-0.25, -0.2) is 0 Å². The van der Waals surface area contributed by atoms with Crippen molar-refractivity contribution < 1.29 is 18.7 Å². The van der Waals surface area contributed by atoms with Crippen LogP contribution in [0.4, 0.5) is 0 Å². The molecule has 1 N–H and O–H groups in total. The molecule has 29 heavy (non-hydrogen) atoms. The van der Waals surface area contributed by atoms with Gasteiger partial charge >= 0.3 is 0 Å². The van der Waals surface area contributed by atoms with Crippen molar-refractivity contribution in [3.63, 3.8) is 0 Å². The van der Waals surface area contributed by atoms with E-state index in [1.54, 1.807) is 20.3 Å². The Bertz CT molecular complexity index is 1070. The highest BCUT2D eigenvalue weighted by molar-refractivity contribution is 9.10. The van der Waals surface area contributed by atoms with Gasteiger partial charge in [-0.1, -0.05) is 22.0 Å². The molecule has 1 aromatic heterocycles. The van der Waals surface area contributed by atoms with E-state index in [0.717, 1.165) is 37.9 Å². The summed E-state index contributed by atoms with van der Waals surface area (Å²) in [5.74, 6) is 2.03. The van der Waals surface area contributed by atoms with Crippen LogP contribution in [0.25, 0.3) is 16.5 Å². The highest BCUT2D eigenvalue weighted by Gasteiger charge is 2.14. The lowest BCUT2D eigenvalue weighted by Gasteiger charge is -2.10. The van der Waals surface area contributed by atoms with Crippen molar-refractivity contribution in [1.82, 2.24) is 5.32 Å². The van der Waals surface area contributed by atoms with Crippen LogP contribution in [0.1, 0.15) is 23.8 Å². The first kappa shape index (κ1) is 21.0. The maximum Gasteiger partial charge on any atom is 0.244 e. The summed E-state index contributed by atoms with van der Waals surface area (Å²) in [6, 6.07) is 11.6. The third-order valence-electron chi connectivity index (χ3n) is 4.73. The van der Waals surface area contributed by atoms with Gasteiger partial charge in [-0.2, -0.15) is 0 Å². The molecule has 0 aliphatic heterocycles. The molecule has 0 aliphatic carbocycles. The van der Waals surface area contributed by atoms with Crippen molar-refractivity contribution in [2.75, 3.05) is 20.8 Å². The van der Waals surface area contributed by atoms with Gasteiger partial charge in [0.1, 0.15) is 11.3 Å². The Hall–Kier alpha value is -2.73. The lowest BCUT2D eigenvalue weighted by atomic mass is 10.0. The van der Waals surface area contributed by atoms with Crippen LogP contribution < -0.4 is 14.8 Å². The number of amides is 1. The molecular formula is C23H24BrNO4. The summed E-state index contributed by atoms with van der Waals surface area (Å²) in [5.41, 5.74) is 3.69. The molecule has 0 saturated carbocycles. The number of aryl methyl sites for hydroxylation is 1. The quantitative estimate of drug-likeness (QED) is 0.490. The third-order valence-corrected chi connectivity index (χ3v) is 5.22. The summed E-state index contributed by atoms with van der Waals surface area (Å²) < 4.78 is 17.4. The van der Waals surface area contributed by atoms with Crippen LogP contribution in [0, 0.1) is 6.92 Å². The number of furan rings is 1. The van der Waals surface area contributed by atoms with Crippen LogP contribution in [0.2, 0.25) is 0 Å². The lowest BCUT2D eigenvalue weighted by Crippen LogP contribution is -2.23. The van der Waals surface area contributed by atoms with Crippen LogP contribution >= 0.6 is 15.9 Å². The van der Waals surface area contributed by atoms with Crippen LogP contribution in [0.5, 0.6) is 11.5 Å². The number of benzene rings is 2. The number of rotatable bonds is 7. The second-order valence-electron chi connectivity index (χ2n) is 6.73. The Kier molecular flexibility index (Phi) is 6.64. The SMILES string of the molecule is COc1ccc(CCNC(=O)/C=C(/C)c2c(C)oc3ccc(Br)cc23)cc1OC. The van der Waals surface area contributed by atoms with Gasteiger partial charge in [0, 0.05) is 28.0 Å². The van der Waals surface area contributed by atoms with Gasteiger partial charge in [0.15, 0.2) is 11.5 Å². The standard InChI is InChI=1S/C23H24BrNO4/c1-14(23-15(2)29-19-8-6-17(24)13-18(19)23)11-22(26)25-10-9-16-5-7-20(27-3)21(12-16)28-4/h5-8,11-13H,9-10H2,1-4H3,(H,25,26)/b14-11-. The smallest absolute Gasteiger partial charge is 0.244 e. The molecule has 0 unspecified atom stereocenters. The van der Waals surface area contributed by atoms with Crippen molar-refractivity contribution in [2.45, 2.75) is 20.3 Å². The Balaban J connectivity index is 1.67. The second-order valence-corrected chi connectivity index (χ2v) is 7.65. The molecule has 0 atom stereocenters. The van der Waals surface area contributed by atoms with Crippen LogP contribution in [-0.2, 0) is 11.2 Å². The number of halogens is 1. The summed E-state index contributed by atoms with van der Waals surface area (Å²) >= 11 is 3.49. The molecule has 0 saturated heterocycles. The molecule has 0 radical (unpaired) electrons. The Morgan fingerprint density at radius 3 is 2.62 bits per heavy atom. The molecule has 1 amide bonds. The van der Waals surface area contributed by atoms with Crippen LogP contribution in [0.15, 0.2) is 51.4 Å². The molecule has 0 fully saturated rings. The van der Waals surface area contributed by atoms with Gasteiger partial charge in [-0.15, -0.1) is 0 Å². The third kappa shape index (κ3) is 4.82. The van der Waals surface area contributed by atoms with Gasteiger partial charge in [-0.05, 0) is 61.7 Å². The molecule has 5 nitrogen and oxygen atoms in total.